The number of hydrogen-bond acceptors (Lipinski definition) is 7. The molecule has 0 aromatic carbocycles. The van der Waals surface area contributed by atoms with Gasteiger partial charge in [0.2, 0.25) is 0 Å². The number of halogens is 2. The molecule has 3 aromatic rings. The van der Waals surface area contributed by atoms with Gasteiger partial charge in [0.05, 0.1) is 17.9 Å². The van der Waals surface area contributed by atoms with Gasteiger partial charge in [-0.25, -0.2) is 28.5 Å². The van der Waals surface area contributed by atoms with E-state index in [0.29, 0.717) is 28.8 Å². The van der Waals surface area contributed by atoms with Gasteiger partial charge in [-0.1, -0.05) is 6.92 Å². The second-order valence-electron chi connectivity index (χ2n) is 9.31. The molecule has 0 radical (unpaired) electrons. The number of aryl methyl sites for hydroxylation is 1. The van der Waals surface area contributed by atoms with Crippen LogP contribution in [-0.2, 0) is 0 Å². The molecule has 0 unspecified atom stereocenters. The van der Waals surface area contributed by atoms with Gasteiger partial charge in [-0.05, 0) is 43.5 Å². The molecule has 4 rings (SSSR count). The molecule has 4 heterocycles. The summed E-state index contributed by atoms with van der Waals surface area (Å²) in [6.07, 6.45) is 4.07. The number of anilines is 3. The second-order valence-corrected chi connectivity index (χ2v) is 9.31. The van der Waals surface area contributed by atoms with Crippen molar-refractivity contribution in [2.75, 3.05) is 28.6 Å². The van der Waals surface area contributed by atoms with E-state index >= 15 is 0 Å². The van der Waals surface area contributed by atoms with Crippen LogP contribution in [0.25, 0.3) is 11.3 Å². The van der Waals surface area contributed by atoms with Gasteiger partial charge in [-0.3, -0.25) is 15.4 Å². The molecule has 3 amide bonds. The van der Waals surface area contributed by atoms with Crippen molar-refractivity contribution in [2.45, 2.75) is 46.1 Å². The van der Waals surface area contributed by atoms with Crippen molar-refractivity contribution in [1.82, 2.24) is 20.3 Å². The average Bonchev–Trinajstić information content (AvgIpc) is 3.46. The maximum atomic E-state index is 13.6. The minimum absolute atomic E-state index is 0.0943. The third kappa shape index (κ3) is 6.38. The number of pyridine rings is 2. The molecular formula is C25H29F2N7O3. The fraction of sp³-hybridized carbons (Fsp3) is 0.400. The van der Waals surface area contributed by atoms with Crippen molar-refractivity contribution in [3.8, 4) is 11.3 Å². The van der Waals surface area contributed by atoms with E-state index in [9.17, 15) is 18.4 Å². The number of carbonyl (C=O) groups excluding carboxylic acids is 2. The number of rotatable bonds is 7. The van der Waals surface area contributed by atoms with E-state index < -0.39 is 23.9 Å². The van der Waals surface area contributed by atoms with Gasteiger partial charge >= 0.3 is 6.03 Å². The van der Waals surface area contributed by atoms with Crippen LogP contribution in [0.3, 0.4) is 0 Å². The van der Waals surface area contributed by atoms with Crippen LogP contribution in [0.2, 0.25) is 0 Å². The molecule has 1 aliphatic heterocycles. The summed E-state index contributed by atoms with van der Waals surface area (Å²) in [4.78, 5) is 40.1. The van der Waals surface area contributed by atoms with E-state index in [2.05, 4.69) is 42.7 Å². The molecule has 1 saturated heterocycles. The SMILES string of the molecule is Cc1ncc(-c2ccnc(NC(=O)Nc3nc(C(=O)N[C@@H](C)C(C)(F)F)ccc3N3CC[C@H](C)C3)c2)o1. The Labute approximate surface area is 212 Å². The third-order valence-electron chi connectivity index (χ3n) is 6.12. The number of aromatic nitrogens is 3. The molecule has 1 fully saturated rings. The van der Waals surface area contributed by atoms with Crippen molar-refractivity contribution in [3.05, 3.63) is 48.2 Å². The molecule has 2 atom stereocenters. The number of hydrogen-bond donors (Lipinski definition) is 3. The lowest BCUT2D eigenvalue weighted by molar-refractivity contribution is -0.0108. The van der Waals surface area contributed by atoms with Crippen LogP contribution in [0, 0.1) is 12.8 Å². The summed E-state index contributed by atoms with van der Waals surface area (Å²) in [5, 5.41) is 7.60. The van der Waals surface area contributed by atoms with Gasteiger partial charge in [0, 0.05) is 38.7 Å². The van der Waals surface area contributed by atoms with Crippen molar-refractivity contribution < 1.29 is 22.8 Å². The summed E-state index contributed by atoms with van der Waals surface area (Å²) < 4.78 is 32.7. The highest BCUT2D eigenvalue weighted by molar-refractivity contribution is 6.01. The minimum Gasteiger partial charge on any atom is -0.441 e. The van der Waals surface area contributed by atoms with E-state index in [4.69, 9.17) is 4.42 Å². The first-order chi connectivity index (χ1) is 17.5. The Morgan fingerprint density at radius 3 is 2.65 bits per heavy atom. The first-order valence-electron chi connectivity index (χ1n) is 11.9. The van der Waals surface area contributed by atoms with E-state index in [1.165, 1.54) is 19.2 Å². The number of oxazole rings is 1. The first kappa shape index (κ1) is 26.0. The van der Waals surface area contributed by atoms with Crippen LogP contribution in [0.5, 0.6) is 0 Å². The lowest BCUT2D eigenvalue weighted by Gasteiger charge is -2.23. The van der Waals surface area contributed by atoms with Gasteiger partial charge in [-0.2, -0.15) is 0 Å². The van der Waals surface area contributed by atoms with Crippen LogP contribution in [-0.4, -0.2) is 51.9 Å². The molecular weight excluding hydrogens is 484 g/mol. The summed E-state index contributed by atoms with van der Waals surface area (Å²) >= 11 is 0. The van der Waals surface area contributed by atoms with E-state index in [1.54, 1.807) is 31.3 Å². The Hall–Kier alpha value is -4.09. The van der Waals surface area contributed by atoms with Crippen LogP contribution < -0.4 is 20.9 Å². The molecule has 12 heteroatoms. The number of nitrogens with zero attached hydrogens (tertiary/aromatic N) is 4. The molecule has 10 nitrogen and oxygen atoms in total. The molecule has 0 aliphatic carbocycles. The van der Waals surface area contributed by atoms with Gasteiger partial charge in [0.15, 0.2) is 17.5 Å². The van der Waals surface area contributed by atoms with E-state index in [1.807, 2.05) is 0 Å². The molecule has 196 valence electrons. The molecule has 0 spiro atoms. The van der Waals surface area contributed by atoms with Crippen LogP contribution in [0.15, 0.2) is 41.1 Å². The summed E-state index contributed by atoms with van der Waals surface area (Å²) in [6, 6.07) is 4.45. The Kier molecular flexibility index (Phi) is 7.37. The summed E-state index contributed by atoms with van der Waals surface area (Å²) in [7, 11) is 0. The van der Waals surface area contributed by atoms with E-state index in [-0.39, 0.29) is 17.3 Å². The smallest absolute Gasteiger partial charge is 0.326 e. The molecule has 0 saturated carbocycles. The van der Waals surface area contributed by atoms with Gasteiger partial charge < -0.3 is 14.6 Å². The Bertz CT molecular complexity index is 1290. The quantitative estimate of drug-likeness (QED) is 0.418. The third-order valence-corrected chi connectivity index (χ3v) is 6.12. The summed E-state index contributed by atoms with van der Waals surface area (Å²) in [6.45, 7) is 7.30. The largest absolute Gasteiger partial charge is 0.441 e. The van der Waals surface area contributed by atoms with Gasteiger partial charge in [0.1, 0.15) is 11.5 Å². The fourth-order valence-electron chi connectivity index (χ4n) is 3.88. The highest BCUT2D eigenvalue weighted by Gasteiger charge is 2.32. The van der Waals surface area contributed by atoms with Crippen LogP contribution >= 0.6 is 0 Å². The first-order valence-corrected chi connectivity index (χ1v) is 11.9. The molecule has 37 heavy (non-hydrogen) atoms. The van der Waals surface area contributed by atoms with Crippen LogP contribution in [0.1, 0.15) is 43.6 Å². The zero-order chi connectivity index (χ0) is 26.7. The van der Waals surface area contributed by atoms with Crippen molar-refractivity contribution in [2.24, 2.45) is 5.92 Å². The summed E-state index contributed by atoms with van der Waals surface area (Å²) in [5.41, 5.74) is 1.21. The fourth-order valence-corrected chi connectivity index (χ4v) is 3.88. The number of nitrogens with one attached hydrogen (secondary N) is 3. The van der Waals surface area contributed by atoms with Crippen molar-refractivity contribution >= 4 is 29.3 Å². The maximum absolute atomic E-state index is 13.6. The number of alkyl halides is 2. The molecule has 3 aromatic heterocycles. The normalized spacial score (nSPS) is 16.4. The zero-order valence-electron chi connectivity index (χ0n) is 21.0. The monoisotopic (exact) mass is 513 g/mol. The molecule has 1 aliphatic rings. The van der Waals surface area contributed by atoms with Crippen LogP contribution in [0.4, 0.5) is 30.9 Å². The predicted octanol–water partition coefficient (Wildman–Crippen LogP) is 4.70. The maximum Gasteiger partial charge on any atom is 0.326 e. The topological polar surface area (TPSA) is 125 Å². The molecule has 0 bridgehead atoms. The second kappa shape index (κ2) is 10.5. The Morgan fingerprint density at radius 2 is 2.00 bits per heavy atom. The zero-order valence-corrected chi connectivity index (χ0v) is 21.0. The lowest BCUT2D eigenvalue weighted by atomic mass is 10.2. The molecule has 3 N–H and O–H groups in total. The number of amides is 3. The lowest BCUT2D eigenvalue weighted by Crippen LogP contribution is -2.44. The Morgan fingerprint density at radius 1 is 1.22 bits per heavy atom. The van der Waals surface area contributed by atoms with E-state index in [0.717, 1.165) is 26.4 Å². The highest BCUT2D eigenvalue weighted by Crippen LogP contribution is 2.30. The summed E-state index contributed by atoms with van der Waals surface area (Å²) in [5.74, 6) is -1.99. The minimum atomic E-state index is -3.10. The highest BCUT2D eigenvalue weighted by atomic mass is 19.3. The van der Waals surface area contributed by atoms with Crippen molar-refractivity contribution in [3.63, 3.8) is 0 Å². The van der Waals surface area contributed by atoms with Gasteiger partial charge in [-0.15, -0.1) is 0 Å². The number of urea groups is 1. The van der Waals surface area contributed by atoms with Gasteiger partial charge in [0.25, 0.3) is 11.8 Å². The predicted molar refractivity (Wildman–Crippen MR) is 135 cm³/mol. The standard InChI is InChI=1S/C25H29F2N7O3/c1-14-8-10-34(13-14)19-6-5-18(23(35)30-15(2)25(4,26)27)31-22(19)33-24(36)32-21-11-17(7-9-28-21)20-12-29-16(3)37-20/h5-7,9,11-12,14-15H,8,10,13H2,1-4H3,(H,30,35)(H2,28,31,32,33,36)/t14-,15-/m0/s1. The Balaban J connectivity index is 1.55. The van der Waals surface area contributed by atoms with Crippen molar-refractivity contribution in [1.29, 1.82) is 0 Å². The average molecular weight is 514 g/mol. The number of carbonyl (C=O) groups is 2.